The average Bonchev–Trinajstić information content (AvgIpc) is 2.87. The highest BCUT2D eigenvalue weighted by molar-refractivity contribution is 6.00. The second-order valence-corrected chi connectivity index (χ2v) is 8.92. The van der Waals surface area contributed by atoms with E-state index in [2.05, 4.69) is 15.6 Å². The number of nitrogens with one attached hydrogen (secondary N) is 2. The van der Waals surface area contributed by atoms with Gasteiger partial charge in [-0.05, 0) is 47.7 Å². The van der Waals surface area contributed by atoms with Crippen LogP contribution in [-0.2, 0) is 11.3 Å². The van der Waals surface area contributed by atoms with Crippen LogP contribution in [0.5, 0.6) is 0 Å². The Morgan fingerprint density at radius 2 is 1.68 bits per heavy atom. The third kappa shape index (κ3) is 6.49. The number of rotatable bonds is 8. The number of aryl methyl sites for hydroxylation is 1. The summed E-state index contributed by atoms with van der Waals surface area (Å²) >= 11 is 0. The molecule has 1 atom stereocenters. The minimum absolute atomic E-state index is 0.0677. The molecule has 3 aromatic carbocycles. The molecule has 188 valence electrons. The number of anilines is 2. The predicted molar refractivity (Wildman–Crippen MR) is 144 cm³/mol. The number of urea groups is 1. The van der Waals surface area contributed by atoms with E-state index in [-0.39, 0.29) is 23.9 Å². The lowest BCUT2D eigenvalue weighted by atomic mass is 9.97. The topological polar surface area (TPSA) is 113 Å². The molecule has 0 bridgehead atoms. The molecular formula is C29H28N4O4. The third-order valence-electron chi connectivity index (χ3n) is 6.11. The van der Waals surface area contributed by atoms with E-state index in [0.717, 1.165) is 22.4 Å². The molecule has 0 aliphatic heterocycles. The number of carbonyl (C=O) groups excluding carboxylic acids is 1. The average molecular weight is 497 g/mol. The molecule has 1 aromatic heterocycles. The fourth-order valence-electron chi connectivity index (χ4n) is 4.01. The summed E-state index contributed by atoms with van der Waals surface area (Å²) < 4.78 is 1.58. The number of nitrogens with zero attached hydrogens (tertiary/aromatic N) is 2. The van der Waals surface area contributed by atoms with E-state index >= 15 is 0 Å². The highest BCUT2D eigenvalue weighted by Gasteiger charge is 2.12. The van der Waals surface area contributed by atoms with Crippen LogP contribution in [0.25, 0.3) is 11.3 Å². The minimum atomic E-state index is -0.832. The van der Waals surface area contributed by atoms with E-state index in [1.807, 2.05) is 62.4 Å². The van der Waals surface area contributed by atoms with Gasteiger partial charge in [0, 0.05) is 29.3 Å². The lowest BCUT2D eigenvalue weighted by molar-refractivity contribution is -0.137. The van der Waals surface area contributed by atoms with Gasteiger partial charge in [-0.2, -0.15) is 0 Å². The number of carbonyl (C=O) groups is 2. The maximum atomic E-state index is 13.1. The highest BCUT2D eigenvalue weighted by Crippen LogP contribution is 2.21. The van der Waals surface area contributed by atoms with Gasteiger partial charge in [0.25, 0.3) is 5.56 Å². The molecule has 8 heteroatoms. The van der Waals surface area contributed by atoms with Gasteiger partial charge >= 0.3 is 12.0 Å². The molecule has 0 saturated heterocycles. The maximum Gasteiger partial charge on any atom is 0.323 e. The first-order chi connectivity index (χ1) is 17.8. The summed E-state index contributed by atoms with van der Waals surface area (Å²) in [6, 6.07) is 21.7. The molecule has 0 aliphatic carbocycles. The Morgan fingerprint density at radius 3 is 2.35 bits per heavy atom. The Kier molecular flexibility index (Phi) is 7.78. The molecule has 0 spiro atoms. The van der Waals surface area contributed by atoms with Crippen LogP contribution in [0.15, 0.2) is 90.0 Å². The number of hydrogen-bond acceptors (Lipinski definition) is 4. The van der Waals surface area contributed by atoms with Crippen LogP contribution < -0.4 is 16.2 Å². The summed E-state index contributed by atoms with van der Waals surface area (Å²) in [5.41, 5.74) is 4.86. The van der Waals surface area contributed by atoms with Gasteiger partial charge in [-0.1, -0.05) is 61.5 Å². The van der Waals surface area contributed by atoms with Crippen molar-refractivity contribution in [3.8, 4) is 11.3 Å². The number of amides is 2. The smallest absolute Gasteiger partial charge is 0.323 e. The molecule has 1 heterocycles. The predicted octanol–water partition coefficient (Wildman–Crippen LogP) is 5.49. The molecule has 0 radical (unpaired) electrons. The molecule has 0 aliphatic rings. The third-order valence-corrected chi connectivity index (χ3v) is 6.11. The van der Waals surface area contributed by atoms with Gasteiger partial charge in [-0.15, -0.1) is 0 Å². The molecule has 3 N–H and O–H groups in total. The molecule has 2 amide bonds. The van der Waals surface area contributed by atoms with E-state index in [1.54, 1.807) is 41.2 Å². The van der Waals surface area contributed by atoms with Crippen LogP contribution in [0.4, 0.5) is 16.2 Å². The number of carboxylic acid groups (broad SMARTS) is 1. The van der Waals surface area contributed by atoms with Crippen LogP contribution >= 0.6 is 0 Å². The van der Waals surface area contributed by atoms with E-state index in [1.165, 1.54) is 0 Å². The Morgan fingerprint density at radius 1 is 0.973 bits per heavy atom. The molecular weight excluding hydrogens is 468 g/mol. The number of hydrogen-bond donors (Lipinski definition) is 3. The Labute approximate surface area is 214 Å². The van der Waals surface area contributed by atoms with Gasteiger partial charge in [0.1, 0.15) is 5.69 Å². The summed E-state index contributed by atoms with van der Waals surface area (Å²) in [6.07, 6.45) is 3.29. The second kappa shape index (κ2) is 11.3. The number of para-hydroxylation sites is 1. The van der Waals surface area contributed by atoms with Crippen LogP contribution in [0.2, 0.25) is 0 Å². The summed E-state index contributed by atoms with van der Waals surface area (Å²) in [5.74, 6) is -0.922. The van der Waals surface area contributed by atoms with Crippen LogP contribution in [0.1, 0.15) is 36.0 Å². The fraction of sp³-hybridized carbons (Fsp3) is 0.172. The zero-order valence-corrected chi connectivity index (χ0v) is 20.6. The van der Waals surface area contributed by atoms with Crippen LogP contribution in [0.3, 0.4) is 0 Å². The van der Waals surface area contributed by atoms with Gasteiger partial charge in [-0.3, -0.25) is 9.59 Å². The normalized spacial score (nSPS) is 11.5. The largest absolute Gasteiger partial charge is 0.481 e. The van der Waals surface area contributed by atoms with Crippen molar-refractivity contribution in [2.45, 2.75) is 32.7 Å². The van der Waals surface area contributed by atoms with Crippen molar-refractivity contribution in [3.63, 3.8) is 0 Å². The minimum Gasteiger partial charge on any atom is -0.481 e. The van der Waals surface area contributed by atoms with Crippen molar-refractivity contribution in [1.82, 2.24) is 9.55 Å². The van der Waals surface area contributed by atoms with Crippen molar-refractivity contribution < 1.29 is 14.7 Å². The molecule has 0 saturated carbocycles. The fourth-order valence-corrected chi connectivity index (χ4v) is 4.01. The van der Waals surface area contributed by atoms with Crippen molar-refractivity contribution in [3.05, 3.63) is 112 Å². The lowest BCUT2D eigenvalue weighted by Gasteiger charge is -2.12. The van der Waals surface area contributed by atoms with Gasteiger partial charge in [0.05, 0.1) is 13.0 Å². The van der Waals surface area contributed by atoms with Crippen molar-refractivity contribution in [2.75, 3.05) is 10.6 Å². The Balaban J connectivity index is 1.44. The molecule has 4 aromatic rings. The maximum absolute atomic E-state index is 13.1. The van der Waals surface area contributed by atoms with Gasteiger partial charge in [0.15, 0.2) is 0 Å². The second-order valence-electron chi connectivity index (χ2n) is 8.92. The summed E-state index contributed by atoms with van der Waals surface area (Å²) in [6.45, 7) is 4.16. The van der Waals surface area contributed by atoms with Gasteiger partial charge in [-0.25, -0.2) is 9.78 Å². The first-order valence-electron chi connectivity index (χ1n) is 11.9. The molecule has 1 unspecified atom stereocenters. The van der Waals surface area contributed by atoms with Crippen molar-refractivity contribution >= 4 is 23.4 Å². The summed E-state index contributed by atoms with van der Waals surface area (Å²) in [5, 5.41) is 14.6. The number of aliphatic carboxylic acids is 1. The monoisotopic (exact) mass is 496 g/mol. The molecule has 4 rings (SSSR count). The Bertz CT molecular complexity index is 1460. The zero-order chi connectivity index (χ0) is 26.4. The molecule has 0 fully saturated rings. The molecule has 37 heavy (non-hydrogen) atoms. The van der Waals surface area contributed by atoms with E-state index in [0.29, 0.717) is 23.5 Å². The standard InChI is InChI=1S/C29H28N4O4/c1-19-5-3-4-6-25(19)32-29(37)31-24-13-11-23(12-14-24)27-28(36)33(16-15-30-27)18-21-7-9-22(10-8-21)20(2)17-26(34)35/h3-16,20H,17-18H2,1-2H3,(H,34,35)(H2,31,32,37). The summed E-state index contributed by atoms with van der Waals surface area (Å²) in [7, 11) is 0. The van der Waals surface area contributed by atoms with Gasteiger partial charge < -0.3 is 20.3 Å². The number of benzene rings is 3. The Hall–Kier alpha value is -4.72. The van der Waals surface area contributed by atoms with E-state index < -0.39 is 5.97 Å². The zero-order valence-electron chi connectivity index (χ0n) is 20.6. The van der Waals surface area contributed by atoms with Crippen molar-refractivity contribution in [1.29, 1.82) is 0 Å². The van der Waals surface area contributed by atoms with Crippen LogP contribution in [0, 0.1) is 6.92 Å². The number of aromatic nitrogens is 2. The quantitative estimate of drug-likeness (QED) is 0.299. The summed E-state index contributed by atoms with van der Waals surface area (Å²) in [4.78, 5) is 40.7. The number of carboxylic acids is 1. The lowest BCUT2D eigenvalue weighted by Crippen LogP contribution is -2.23. The van der Waals surface area contributed by atoms with Gasteiger partial charge in [0.2, 0.25) is 0 Å². The SMILES string of the molecule is Cc1ccccc1NC(=O)Nc1ccc(-c2nccn(Cc3ccc(C(C)CC(=O)O)cc3)c2=O)cc1. The highest BCUT2D eigenvalue weighted by atomic mass is 16.4. The first kappa shape index (κ1) is 25.4. The van der Waals surface area contributed by atoms with E-state index in [9.17, 15) is 14.4 Å². The van der Waals surface area contributed by atoms with Crippen LogP contribution in [-0.4, -0.2) is 26.7 Å². The van der Waals surface area contributed by atoms with Crippen molar-refractivity contribution in [2.24, 2.45) is 0 Å². The first-order valence-corrected chi connectivity index (χ1v) is 11.9. The molecule has 8 nitrogen and oxygen atoms in total. The van der Waals surface area contributed by atoms with E-state index in [4.69, 9.17) is 5.11 Å².